The molecule has 0 aromatic rings. The Morgan fingerprint density at radius 3 is 2.13 bits per heavy atom. The first-order chi connectivity index (χ1) is 6.60. The van der Waals surface area contributed by atoms with Crippen LogP contribution in [0.2, 0.25) is 6.04 Å². The summed E-state index contributed by atoms with van der Waals surface area (Å²) in [6.07, 6.45) is -8.29. The van der Waals surface area contributed by atoms with Crippen LogP contribution in [-0.2, 0) is 4.74 Å². The highest BCUT2D eigenvalue weighted by Gasteiger charge is 2.32. The maximum absolute atomic E-state index is 12.5. The molecule has 0 N–H and O–H groups in total. The molecule has 1 atom stereocenters. The van der Waals surface area contributed by atoms with E-state index in [4.69, 9.17) is 33.2 Å². The smallest absolute Gasteiger partial charge is 0.348 e. The quantitative estimate of drug-likeness (QED) is 0.308. The van der Waals surface area contributed by atoms with Crippen LogP contribution in [0.4, 0.5) is 17.6 Å². The maximum atomic E-state index is 12.5. The summed E-state index contributed by atoms with van der Waals surface area (Å²) < 4.78 is 51.6. The number of alkyl halides is 4. The van der Waals surface area contributed by atoms with Crippen LogP contribution in [0.3, 0.4) is 0 Å². The molecule has 0 aliphatic rings. The fourth-order valence-electron chi connectivity index (χ4n) is 0.725. The summed E-state index contributed by atoms with van der Waals surface area (Å²) in [5, 5.41) is 0. The maximum Gasteiger partial charge on any atom is 0.394 e. The van der Waals surface area contributed by atoms with E-state index < -0.39 is 25.0 Å². The number of ether oxygens (including phenoxy) is 1. The van der Waals surface area contributed by atoms with Gasteiger partial charge >= 0.3 is 12.2 Å². The fourth-order valence-corrected chi connectivity index (χ4v) is 2.47. The molecular formula is C6H9Cl3F4OSi. The van der Waals surface area contributed by atoms with Gasteiger partial charge in [0.05, 0.1) is 6.42 Å². The number of hydrogen-bond acceptors (Lipinski definition) is 1. The molecule has 0 rings (SSSR count). The van der Waals surface area contributed by atoms with E-state index in [-0.39, 0.29) is 19.1 Å². The van der Waals surface area contributed by atoms with E-state index in [0.29, 0.717) is 0 Å². The van der Waals surface area contributed by atoms with E-state index >= 15 is 0 Å². The summed E-state index contributed by atoms with van der Waals surface area (Å²) >= 11 is 16.5. The normalized spacial score (nSPS) is 15.4. The molecule has 0 aromatic heterocycles. The highest BCUT2D eigenvalue weighted by atomic mass is 35.8. The second kappa shape index (κ2) is 6.49. The van der Waals surface area contributed by atoms with Gasteiger partial charge in [-0.15, -0.1) is 33.2 Å². The first-order valence-corrected chi connectivity index (χ1v) is 9.23. The summed E-state index contributed by atoms with van der Waals surface area (Å²) in [6, 6.07) is -2.55. The Labute approximate surface area is 99.7 Å². The van der Waals surface area contributed by atoms with Gasteiger partial charge in [-0.2, -0.15) is 13.2 Å². The Balaban J connectivity index is 3.52. The van der Waals surface area contributed by atoms with Gasteiger partial charge in [-0.3, -0.25) is 0 Å². The summed E-state index contributed by atoms with van der Waals surface area (Å²) in [5.41, 5.74) is 0. The first kappa shape index (κ1) is 15.8. The molecule has 15 heavy (non-hydrogen) atoms. The van der Waals surface area contributed by atoms with Crippen LogP contribution in [0.25, 0.3) is 0 Å². The van der Waals surface area contributed by atoms with Crippen LogP contribution in [0.1, 0.15) is 12.8 Å². The van der Waals surface area contributed by atoms with E-state index in [9.17, 15) is 17.6 Å². The fraction of sp³-hybridized carbons (Fsp3) is 1.00. The molecule has 0 bridgehead atoms. The van der Waals surface area contributed by atoms with E-state index in [1.54, 1.807) is 0 Å². The minimum Gasteiger partial charge on any atom is -0.348 e. The standard InChI is InChI=1S/C6H9Cl3F4OSi/c7-15(8,9)3-1-2-14-5(10)4-6(11,12)13/h5H,1-4H2. The van der Waals surface area contributed by atoms with Gasteiger partial charge in [-0.05, 0) is 12.5 Å². The number of halogens is 7. The molecule has 92 valence electrons. The van der Waals surface area contributed by atoms with Crippen molar-refractivity contribution in [3.63, 3.8) is 0 Å². The van der Waals surface area contributed by atoms with Crippen molar-refractivity contribution in [3.8, 4) is 0 Å². The van der Waals surface area contributed by atoms with Crippen molar-refractivity contribution >= 4 is 39.2 Å². The van der Waals surface area contributed by atoms with Crippen molar-refractivity contribution in [1.29, 1.82) is 0 Å². The second-order valence-corrected chi connectivity index (χ2v) is 12.1. The van der Waals surface area contributed by atoms with Gasteiger partial charge in [0, 0.05) is 6.61 Å². The highest BCUT2D eigenvalue weighted by Crippen LogP contribution is 2.27. The zero-order valence-electron chi connectivity index (χ0n) is 7.46. The lowest BCUT2D eigenvalue weighted by Gasteiger charge is -2.12. The topological polar surface area (TPSA) is 9.23 Å². The Morgan fingerprint density at radius 1 is 1.20 bits per heavy atom. The van der Waals surface area contributed by atoms with Gasteiger partial charge in [0.25, 0.3) is 0 Å². The lowest BCUT2D eigenvalue weighted by Crippen LogP contribution is -2.19. The van der Waals surface area contributed by atoms with Gasteiger partial charge in [-0.1, -0.05) is 0 Å². The minimum absolute atomic E-state index is 0.182. The largest absolute Gasteiger partial charge is 0.394 e. The molecule has 0 aromatic carbocycles. The molecule has 0 fully saturated rings. The summed E-state index contributed by atoms with van der Waals surface area (Å²) in [4.78, 5) is 0. The van der Waals surface area contributed by atoms with Gasteiger partial charge in [0.2, 0.25) is 6.36 Å². The van der Waals surface area contributed by atoms with E-state index in [1.165, 1.54) is 0 Å². The van der Waals surface area contributed by atoms with E-state index in [2.05, 4.69) is 4.74 Å². The van der Waals surface area contributed by atoms with Crippen molar-refractivity contribution in [2.75, 3.05) is 6.61 Å². The van der Waals surface area contributed by atoms with Gasteiger partial charge in [-0.25, -0.2) is 4.39 Å². The second-order valence-electron chi connectivity index (χ2n) is 2.82. The van der Waals surface area contributed by atoms with Crippen molar-refractivity contribution < 1.29 is 22.3 Å². The van der Waals surface area contributed by atoms with Crippen molar-refractivity contribution in [2.45, 2.75) is 31.4 Å². The first-order valence-electron chi connectivity index (χ1n) is 3.99. The van der Waals surface area contributed by atoms with E-state index in [0.717, 1.165) is 0 Å². The third-order valence-electron chi connectivity index (χ3n) is 1.30. The molecule has 1 unspecified atom stereocenters. The third kappa shape index (κ3) is 12.7. The molecule has 9 heteroatoms. The molecule has 0 heterocycles. The van der Waals surface area contributed by atoms with Crippen LogP contribution in [0.15, 0.2) is 0 Å². The molecule has 0 aliphatic carbocycles. The lowest BCUT2D eigenvalue weighted by atomic mass is 10.4. The Hall–Kier alpha value is 0.767. The molecule has 1 nitrogen and oxygen atoms in total. The van der Waals surface area contributed by atoms with Gasteiger partial charge in [0.1, 0.15) is 0 Å². The molecule has 0 saturated heterocycles. The zero-order valence-corrected chi connectivity index (χ0v) is 10.7. The minimum atomic E-state index is -4.57. The van der Waals surface area contributed by atoms with Crippen LogP contribution in [0.5, 0.6) is 0 Å². The van der Waals surface area contributed by atoms with Crippen LogP contribution >= 0.6 is 33.2 Å². The van der Waals surface area contributed by atoms with Crippen molar-refractivity contribution in [1.82, 2.24) is 0 Å². The monoisotopic (exact) mass is 306 g/mol. The van der Waals surface area contributed by atoms with Crippen LogP contribution < -0.4 is 0 Å². The Bertz CT molecular complexity index is 184. The SMILES string of the molecule is FC(CC(F)(F)F)OCCC[Si](Cl)(Cl)Cl. The van der Waals surface area contributed by atoms with Crippen LogP contribution in [-0.4, -0.2) is 25.1 Å². The predicted octanol–water partition coefficient (Wildman–Crippen LogP) is 4.30. The number of rotatable bonds is 6. The van der Waals surface area contributed by atoms with Crippen molar-refractivity contribution in [3.05, 3.63) is 0 Å². The molecular weight excluding hydrogens is 299 g/mol. The molecule has 0 radical (unpaired) electrons. The summed E-state index contributed by atoms with van der Waals surface area (Å²) in [5.74, 6) is 0. The van der Waals surface area contributed by atoms with E-state index in [1.807, 2.05) is 0 Å². The summed E-state index contributed by atoms with van der Waals surface area (Å²) in [7, 11) is 0. The van der Waals surface area contributed by atoms with Gasteiger partial charge < -0.3 is 4.74 Å². The molecule has 0 saturated carbocycles. The Morgan fingerprint density at radius 2 is 1.73 bits per heavy atom. The Kier molecular flexibility index (Phi) is 6.82. The molecule has 0 spiro atoms. The summed E-state index contributed by atoms with van der Waals surface area (Å²) in [6.45, 7) is -0.182. The third-order valence-corrected chi connectivity index (χ3v) is 3.92. The molecule has 0 aliphatic heterocycles. The number of hydrogen-bond donors (Lipinski definition) is 0. The lowest BCUT2D eigenvalue weighted by molar-refractivity contribution is -0.183. The van der Waals surface area contributed by atoms with Crippen LogP contribution in [0, 0.1) is 0 Å². The molecule has 0 amide bonds. The average Bonchev–Trinajstić information content (AvgIpc) is 1.92. The zero-order chi connectivity index (χ0) is 12.1. The van der Waals surface area contributed by atoms with Crippen molar-refractivity contribution in [2.24, 2.45) is 0 Å². The average molecular weight is 308 g/mol. The van der Waals surface area contributed by atoms with Gasteiger partial charge in [0.15, 0.2) is 0 Å². The highest BCUT2D eigenvalue weighted by molar-refractivity contribution is 7.64. The predicted molar refractivity (Wildman–Crippen MR) is 54.3 cm³/mol.